The quantitative estimate of drug-likeness (QED) is 0.825. The molecule has 1 aromatic carbocycles. The van der Waals surface area contributed by atoms with Crippen molar-refractivity contribution in [1.82, 2.24) is 4.72 Å². The average molecular weight is 333 g/mol. The predicted molar refractivity (Wildman–Crippen MR) is 89.1 cm³/mol. The third-order valence-electron chi connectivity index (χ3n) is 3.30. The second-order valence-corrected chi connectivity index (χ2v) is 9.11. The van der Waals surface area contributed by atoms with Crippen LogP contribution in [0, 0.1) is 13.8 Å². The van der Waals surface area contributed by atoms with Crippen LogP contribution in [-0.2, 0) is 10.0 Å². The van der Waals surface area contributed by atoms with Gasteiger partial charge in [0.1, 0.15) is 0 Å². The molecule has 2 rings (SSSR count). The number of sulfonamides is 1. The van der Waals surface area contributed by atoms with Crippen LogP contribution in [0.2, 0.25) is 0 Å². The highest BCUT2D eigenvalue weighted by Gasteiger charge is 2.23. The highest BCUT2D eigenvalue weighted by molar-refractivity contribution is 8.06. The van der Waals surface area contributed by atoms with E-state index in [2.05, 4.69) is 4.72 Å². The lowest BCUT2D eigenvalue weighted by Gasteiger charge is -2.22. The van der Waals surface area contributed by atoms with Crippen molar-refractivity contribution in [3.8, 4) is 0 Å². The number of rotatable bonds is 4. The molecule has 0 aliphatic carbocycles. The molecule has 0 aromatic heterocycles. The molecule has 0 saturated carbocycles. The van der Waals surface area contributed by atoms with Gasteiger partial charge in [-0.05, 0) is 31.0 Å². The fourth-order valence-corrected chi connectivity index (χ4v) is 6.48. The summed E-state index contributed by atoms with van der Waals surface area (Å²) in [5, 5.41) is 0.352. The van der Waals surface area contributed by atoms with Gasteiger partial charge >= 0.3 is 0 Å². The van der Waals surface area contributed by atoms with Crippen molar-refractivity contribution in [1.29, 1.82) is 0 Å². The fraction of sp³-hybridized carbons (Fsp3) is 0.538. The third-order valence-corrected chi connectivity index (χ3v) is 7.86. The van der Waals surface area contributed by atoms with E-state index in [1.54, 1.807) is 26.0 Å². The molecule has 112 valence electrons. The Labute approximate surface area is 129 Å². The van der Waals surface area contributed by atoms with E-state index in [0.717, 1.165) is 22.8 Å². The summed E-state index contributed by atoms with van der Waals surface area (Å²) in [5.41, 5.74) is 7.70. The molecule has 1 aromatic rings. The summed E-state index contributed by atoms with van der Waals surface area (Å²) < 4.78 is 27.7. The zero-order valence-electron chi connectivity index (χ0n) is 11.7. The van der Waals surface area contributed by atoms with Crippen LogP contribution in [0.25, 0.3) is 0 Å². The van der Waals surface area contributed by atoms with Gasteiger partial charge in [0.2, 0.25) is 10.0 Å². The maximum atomic E-state index is 12.5. The minimum absolute atomic E-state index is 0.325. The zero-order valence-corrected chi connectivity index (χ0v) is 14.1. The summed E-state index contributed by atoms with van der Waals surface area (Å²) in [5.74, 6) is 3.25. The van der Waals surface area contributed by atoms with Crippen molar-refractivity contribution in [3.05, 3.63) is 23.3 Å². The van der Waals surface area contributed by atoms with Crippen molar-refractivity contribution >= 4 is 39.2 Å². The standard InChI is InChI=1S/C13H20N2O2S3/c1-9-3-4-12(14)10(2)13(9)20(16,17)15-7-11-8-18-5-6-19-11/h3-4,11,15H,5-8,14H2,1-2H3. The minimum atomic E-state index is -3.50. The van der Waals surface area contributed by atoms with Crippen molar-refractivity contribution in [3.63, 3.8) is 0 Å². The Kier molecular flexibility index (Phi) is 5.28. The molecular formula is C13H20N2O2S3. The normalized spacial score (nSPS) is 20.0. The molecule has 7 heteroatoms. The van der Waals surface area contributed by atoms with E-state index in [1.807, 2.05) is 23.5 Å². The van der Waals surface area contributed by atoms with Gasteiger partial charge in [-0.3, -0.25) is 0 Å². The summed E-state index contributed by atoms with van der Waals surface area (Å²) in [4.78, 5) is 0.325. The van der Waals surface area contributed by atoms with Crippen molar-refractivity contribution in [2.75, 3.05) is 29.5 Å². The topological polar surface area (TPSA) is 72.2 Å². The first kappa shape index (κ1) is 16.0. The van der Waals surface area contributed by atoms with Crippen LogP contribution in [0.5, 0.6) is 0 Å². The average Bonchev–Trinajstić information content (AvgIpc) is 2.42. The number of thioether (sulfide) groups is 2. The minimum Gasteiger partial charge on any atom is -0.398 e. The van der Waals surface area contributed by atoms with Crippen molar-refractivity contribution in [2.45, 2.75) is 24.0 Å². The lowest BCUT2D eigenvalue weighted by Crippen LogP contribution is -2.34. The molecular weight excluding hydrogens is 312 g/mol. The van der Waals surface area contributed by atoms with Crippen LogP contribution in [-0.4, -0.2) is 37.5 Å². The Balaban J connectivity index is 2.16. The molecule has 20 heavy (non-hydrogen) atoms. The first-order valence-corrected chi connectivity index (χ1v) is 10.1. The number of nitrogen functional groups attached to an aromatic ring is 1. The summed E-state index contributed by atoms with van der Waals surface area (Å²) in [6.45, 7) is 4.03. The van der Waals surface area contributed by atoms with Gasteiger partial charge in [0.05, 0.1) is 4.90 Å². The zero-order chi connectivity index (χ0) is 14.8. The smallest absolute Gasteiger partial charge is 0.241 e. The number of nitrogens with one attached hydrogen (secondary N) is 1. The van der Waals surface area contributed by atoms with Crippen LogP contribution < -0.4 is 10.5 Å². The van der Waals surface area contributed by atoms with E-state index in [-0.39, 0.29) is 0 Å². The van der Waals surface area contributed by atoms with Gasteiger partial charge in [-0.2, -0.15) is 23.5 Å². The number of benzene rings is 1. The number of aryl methyl sites for hydroxylation is 1. The van der Waals surface area contributed by atoms with Gasteiger partial charge in [-0.15, -0.1) is 0 Å². The van der Waals surface area contributed by atoms with Crippen LogP contribution in [0.1, 0.15) is 11.1 Å². The largest absolute Gasteiger partial charge is 0.398 e. The lowest BCUT2D eigenvalue weighted by atomic mass is 10.1. The van der Waals surface area contributed by atoms with Crippen LogP contribution in [0.3, 0.4) is 0 Å². The molecule has 1 unspecified atom stereocenters. The second kappa shape index (κ2) is 6.60. The van der Waals surface area contributed by atoms with Gasteiger partial charge < -0.3 is 5.73 Å². The predicted octanol–water partition coefficient (Wildman–Crippen LogP) is 2.01. The molecule has 0 amide bonds. The number of anilines is 1. The Bertz CT molecular complexity index is 582. The fourth-order valence-electron chi connectivity index (χ4n) is 2.19. The molecule has 1 aliphatic rings. The van der Waals surface area contributed by atoms with Crippen molar-refractivity contribution in [2.24, 2.45) is 0 Å². The van der Waals surface area contributed by atoms with Crippen LogP contribution in [0.15, 0.2) is 17.0 Å². The number of nitrogens with two attached hydrogens (primary N) is 1. The van der Waals surface area contributed by atoms with Gasteiger partial charge in [0.25, 0.3) is 0 Å². The summed E-state index contributed by atoms with van der Waals surface area (Å²) in [6.07, 6.45) is 0. The number of hydrogen-bond donors (Lipinski definition) is 2. The molecule has 1 fully saturated rings. The van der Waals surface area contributed by atoms with E-state index in [1.165, 1.54) is 0 Å². The SMILES string of the molecule is Cc1ccc(N)c(C)c1S(=O)(=O)NCC1CSCCS1. The van der Waals surface area contributed by atoms with E-state index >= 15 is 0 Å². The maximum absolute atomic E-state index is 12.5. The second-order valence-electron chi connectivity index (χ2n) is 4.85. The summed E-state index contributed by atoms with van der Waals surface area (Å²) in [6, 6.07) is 3.50. The molecule has 1 heterocycles. The number of hydrogen-bond acceptors (Lipinski definition) is 5. The van der Waals surface area contributed by atoms with Crippen LogP contribution >= 0.6 is 23.5 Å². The molecule has 4 nitrogen and oxygen atoms in total. The van der Waals surface area contributed by atoms with Crippen LogP contribution in [0.4, 0.5) is 5.69 Å². The Hall–Kier alpha value is -0.370. The van der Waals surface area contributed by atoms with Gasteiger partial charge in [0, 0.05) is 34.7 Å². The third kappa shape index (κ3) is 3.63. The molecule has 0 radical (unpaired) electrons. The lowest BCUT2D eigenvalue weighted by molar-refractivity contribution is 0.580. The molecule has 0 spiro atoms. The highest BCUT2D eigenvalue weighted by atomic mass is 32.2. The Morgan fingerprint density at radius 1 is 1.35 bits per heavy atom. The molecule has 1 saturated heterocycles. The monoisotopic (exact) mass is 332 g/mol. The van der Waals surface area contributed by atoms with Gasteiger partial charge in [0.15, 0.2) is 0 Å². The van der Waals surface area contributed by atoms with E-state index in [9.17, 15) is 8.42 Å². The van der Waals surface area contributed by atoms with Gasteiger partial charge in [-0.1, -0.05) is 6.07 Å². The van der Waals surface area contributed by atoms with Gasteiger partial charge in [-0.25, -0.2) is 13.1 Å². The maximum Gasteiger partial charge on any atom is 0.241 e. The molecule has 1 aliphatic heterocycles. The first-order chi connectivity index (χ1) is 9.42. The molecule has 1 atom stereocenters. The Morgan fingerprint density at radius 3 is 2.75 bits per heavy atom. The summed E-state index contributed by atoms with van der Waals surface area (Å²) >= 11 is 3.72. The van der Waals surface area contributed by atoms with E-state index in [0.29, 0.717) is 27.9 Å². The van der Waals surface area contributed by atoms with E-state index < -0.39 is 10.0 Å². The van der Waals surface area contributed by atoms with Crippen molar-refractivity contribution < 1.29 is 8.42 Å². The highest BCUT2D eigenvalue weighted by Crippen LogP contribution is 2.26. The Morgan fingerprint density at radius 2 is 2.10 bits per heavy atom. The molecule has 3 N–H and O–H groups in total. The molecule has 0 bridgehead atoms. The first-order valence-electron chi connectivity index (χ1n) is 6.46. The van der Waals surface area contributed by atoms with E-state index in [4.69, 9.17) is 5.73 Å². The summed E-state index contributed by atoms with van der Waals surface area (Å²) in [7, 11) is -3.50.